The minimum absolute atomic E-state index is 0.0938. The van der Waals surface area contributed by atoms with Gasteiger partial charge < -0.3 is 10.4 Å². The van der Waals surface area contributed by atoms with E-state index >= 15 is 0 Å². The summed E-state index contributed by atoms with van der Waals surface area (Å²) in [5.74, 6) is 0. The van der Waals surface area contributed by atoms with Crippen molar-refractivity contribution in [3.8, 4) is 0 Å². The maximum Gasteiger partial charge on any atom is 0.0681 e. The summed E-state index contributed by atoms with van der Waals surface area (Å²) in [6, 6.07) is 27.1. The second kappa shape index (κ2) is 7.61. The molecule has 116 valence electrons. The van der Waals surface area contributed by atoms with Crippen LogP contribution in [0.5, 0.6) is 0 Å². The smallest absolute Gasteiger partial charge is 0.0681 e. The van der Waals surface area contributed by atoms with Crippen molar-refractivity contribution in [2.45, 2.75) is 19.6 Å². The normalized spacial score (nSPS) is 10.5. The third-order valence-corrected chi connectivity index (χ3v) is 3.91. The van der Waals surface area contributed by atoms with Gasteiger partial charge in [-0.2, -0.15) is 0 Å². The summed E-state index contributed by atoms with van der Waals surface area (Å²) in [5.41, 5.74) is 5.91. The molecule has 2 heteroatoms. The minimum atomic E-state index is 0.0938. The van der Waals surface area contributed by atoms with E-state index in [1.54, 1.807) is 0 Å². The van der Waals surface area contributed by atoms with Crippen LogP contribution in [-0.4, -0.2) is 5.11 Å². The van der Waals surface area contributed by atoms with Gasteiger partial charge in [0.2, 0.25) is 0 Å². The lowest BCUT2D eigenvalue weighted by Gasteiger charge is -2.08. The molecule has 0 radical (unpaired) electrons. The predicted octanol–water partition coefficient (Wildman–Crippen LogP) is 4.38. The maximum atomic E-state index is 9.05. The summed E-state index contributed by atoms with van der Waals surface area (Å²) in [6.07, 6.45) is 0.962. The van der Waals surface area contributed by atoms with Crippen LogP contribution in [0.4, 0.5) is 5.69 Å². The van der Waals surface area contributed by atoms with Crippen molar-refractivity contribution >= 4 is 5.69 Å². The molecule has 0 amide bonds. The van der Waals surface area contributed by atoms with E-state index in [-0.39, 0.29) is 6.61 Å². The number of hydrogen-bond acceptors (Lipinski definition) is 2. The Bertz CT molecular complexity index is 718. The van der Waals surface area contributed by atoms with Crippen molar-refractivity contribution in [3.63, 3.8) is 0 Å². The van der Waals surface area contributed by atoms with E-state index in [9.17, 15) is 0 Å². The van der Waals surface area contributed by atoms with Gasteiger partial charge in [-0.15, -0.1) is 0 Å². The lowest BCUT2D eigenvalue weighted by Crippen LogP contribution is -1.99. The van der Waals surface area contributed by atoms with E-state index in [1.807, 2.05) is 30.3 Å². The highest BCUT2D eigenvalue weighted by Crippen LogP contribution is 2.15. The summed E-state index contributed by atoms with van der Waals surface area (Å²) in [7, 11) is 0. The molecule has 0 saturated heterocycles. The summed E-state index contributed by atoms with van der Waals surface area (Å²) in [4.78, 5) is 0. The summed E-state index contributed by atoms with van der Waals surface area (Å²) in [5, 5.41) is 12.5. The summed E-state index contributed by atoms with van der Waals surface area (Å²) in [6.45, 7) is 0.875. The van der Waals surface area contributed by atoms with Crippen LogP contribution in [0.15, 0.2) is 78.9 Å². The van der Waals surface area contributed by atoms with Gasteiger partial charge in [-0.05, 0) is 40.8 Å². The van der Waals surface area contributed by atoms with E-state index in [1.165, 1.54) is 16.7 Å². The molecule has 0 fully saturated rings. The molecule has 0 atom stereocenters. The summed E-state index contributed by atoms with van der Waals surface area (Å²) < 4.78 is 0. The molecule has 0 aliphatic carbocycles. The van der Waals surface area contributed by atoms with Crippen LogP contribution in [0.3, 0.4) is 0 Å². The number of anilines is 1. The quantitative estimate of drug-likeness (QED) is 0.708. The van der Waals surface area contributed by atoms with Gasteiger partial charge >= 0.3 is 0 Å². The second-order valence-electron chi connectivity index (χ2n) is 5.69. The Morgan fingerprint density at radius 3 is 1.83 bits per heavy atom. The molecule has 2 N–H and O–H groups in total. The van der Waals surface area contributed by atoms with Gasteiger partial charge in [0.25, 0.3) is 0 Å². The molecule has 3 rings (SSSR count). The molecule has 3 aromatic rings. The fraction of sp³-hybridized carbons (Fsp3) is 0.143. The van der Waals surface area contributed by atoms with Crippen molar-refractivity contribution in [2.75, 3.05) is 5.32 Å². The third-order valence-electron chi connectivity index (χ3n) is 3.91. The number of hydrogen-bond donors (Lipinski definition) is 2. The minimum Gasteiger partial charge on any atom is -0.392 e. The first-order chi connectivity index (χ1) is 11.3. The van der Waals surface area contributed by atoms with E-state index in [4.69, 9.17) is 5.11 Å². The van der Waals surface area contributed by atoms with Gasteiger partial charge in [0, 0.05) is 12.2 Å². The molecule has 0 saturated carbocycles. The first kappa shape index (κ1) is 15.3. The van der Waals surface area contributed by atoms with Crippen LogP contribution >= 0.6 is 0 Å². The molecule has 0 unspecified atom stereocenters. The van der Waals surface area contributed by atoms with Crippen LogP contribution < -0.4 is 5.32 Å². The van der Waals surface area contributed by atoms with Crippen LogP contribution in [-0.2, 0) is 19.6 Å². The van der Waals surface area contributed by atoms with Gasteiger partial charge in [-0.25, -0.2) is 0 Å². The lowest BCUT2D eigenvalue weighted by molar-refractivity contribution is 0.282. The summed E-state index contributed by atoms with van der Waals surface area (Å²) >= 11 is 0. The highest BCUT2D eigenvalue weighted by molar-refractivity contribution is 5.46. The van der Waals surface area contributed by atoms with Crippen molar-refractivity contribution in [3.05, 3.63) is 101 Å². The average molecular weight is 303 g/mol. The number of aliphatic hydroxyl groups excluding tert-OH is 1. The van der Waals surface area contributed by atoms with Gasteiger partial charge in [0.1, 0.15) is 0 Å². The number of rotatable bonds is 6. The molecule has 3 aromatic carbocycles. The molecule has 0 aliphatic heterocycles. The third kappa shape index (κ3) is 4.44. The van der Waals surface area contributed by atoms with E-state index < -0.39 is 0 Å². The zero-order chi connectivity index (χ0) is 15.9. The molecule has 2 nitrogen and oxygen atoms in total. The highest BCUT2D eigenvalue weighted by atomic mass is 16.3. The average Bonchev–Trinajstić information content (AvgIpc) is 2.62. The van der Waals surface area contributed by atoms with E-state index in [0.717, 1.165) is 24.2 Å². The molecule has 0 bridgehead atoms. The number of benzene rings is 3. The van der Waals surface area contributed by atoms with Crippen LogP contribution in [0.2, 0.25) is 0 Å². The van der Waals surface area contributed by atoms with E-state index in [2.05, 4.69) is 53.8 Å². The van der Waals surface area contributed by atoms with E-state index in [0.29, 0.717) is 0 Å². The van der Waals surface area contributed by atoms with Gasteiger partial charge in [0.05, 0.1) is 6.61 Å². The number of nitrogens with one attached hydrogen (secondary N) is 1. The Morgan fingerprint density at radius 1 is 0.609 bits per heavy atom. The second-order valence-corrected chi connectivity index (χ2v) is 5.69. The van der Waals surface area contributed by atoms with Crippen molar-refractivity contribution in [1.29, 1.82) is 0 Å². The molecular weight excluding hydrogens is 282 g/mol. The standard InChI is InChI=1S/C21H21NO/c23-16-20-8-6-19(7-9-20)15-22-21-12-10-18(11-13-21)14-17-4-2-1-3-5-17/h1-13,22-23H,14-16H2. The molecule has 0 heterocycles. The molecule has 23 heavy (non-hydrogen) atoms. The van der Waals surface area contributed by atoms with Gasteiger partial charge in [-0.1, -0.05) is 66.7 Å². The first-order valence-corrected chi connectivity index (χ1v) is 7.89. The Hall–Kier alpha value is -2.58. The first-order valence-electron chi connectivity index (χ1n) is 7.89. The lowest BCUT2D eigenvalue weighted by atomic mass is 10.0. The predicted molar refractivity (Wildman–Crippen MR) is 95.4 cm³/mol. The fourth-order valence-electron chi connectivity index (χ4n) is 2.54. The Kier molecular flexibility index (Phi) is 5.07. The van der Waals surface area contributed by atoms with Crippen LogP contribution in [0.1, 0.15) is 22.3 Å². The SMILES string of the molecule is OCc1ccc(CNc2ccc(Cc3ccccc3)cc2)cc1. The molecule has 0 aromatic heterocycles. The zero-order valence-corrected chi connectivity index (χ0v) is 13.1. The molecule has 0 aliphatic rings. The Labute approximate surface area is 137 Å². The topological polar surface area (TPSA) is 32.3 Å². The highest BCUT2D eigenvalue weighted by Gasteiger charge is 1.98. The van der Waals surface area contributed by atoms with Crippen LogP contribution in [0, 0.1) is 0 Å². The van der Waals surface area contributed by atoms with Gasteiger partial charge in [0.15, 0.2) is 0 Å². The Morgan fingerprint density at radius 2 is 1.17 bits per heavy atom. The van der Waals surface area contributed by atoms with Gasteiger partial charge in [-0.3, -0.25) is 0 Å². The maximum absolute atomic E-state index is 9.05. The zero-order valence-electron chi connectivity index (χ0n) is 13.1. The largest absolute Gasteiger partial charge is 0.392 e. The Balaban J connectivity index is 1.56. The van der Waals surface area contributed by atoms with Crippen molar-refractivity contribution in [2.24, 2.45) is 0 Å². The van der Waals surface area contributed by atoms with Crippen molar-refractivity contribution in [1.82, 2.24) is 0 Å². The number of aliphatic hydroxyl groups is 1. The molecule has 0 spiro atoms. The fourth-order valence-corrected chi connectivity index (χ4v) is 2.54. The molecular formula is C21H21NO. The monoisotopic (exact) mass is 303 g/mol. The van der Waals surface area contributed by atoms with Crippen LogP contribution in [0.25, 0.3) is 0 Å². The van der Waals surface area contributed by atoms with Crippen molar-refractivity contribution < 1.29 is 5.11 Å².